The summed E-state index contributed by atoms with van der Waals surface area (Å²) in [5, 5.41) is 0. The Labute approximate surface area is 95.6 Å². The van der Waals surface area contributed by atoms with Crippen LogP contribution in [0.1, 0.15) is 17.5 Å². The van der Waals surface area contributed by atoms with Gasteiger partial charge in [0.05, 0.1) is 6.61 Å². The van der Waals surface area contributed by atoms with E-state index >= 15 is 0 Å². The van der Waals surface area contributed by atoms with Gasteiger partial charge < -0.3 is 10.5 Å². The molecule has 0 amide bonds. The van der Waals surface area contributed by atoms with Gasteiger partial charge in [-0.1, -0.05) is 24.3 Å². The zero-order valence-corrected chi connectivity index (χ0v) is 9.32. The number of Topliss-reactive ketones (excluding diaryl/α,β-unsaturated/α-hetero) is 1. The number of nitrogens with two attached hydrogens (primary N) is 1. The van der Waals surface area contributed by atoms with Crippen molar-refractivity contribution in [3.05, 3.63) is 35.4 Å². The first-order chi connectivity index (χ1) is 7.81. The van der Waals surface area contributed by atoms with Gasteiger partial charge in [0, 0.05) is 25.5 Å². The van der Waals surface area contributed by atoms with Gasteiger partial charge in [-0.15, -0.1) is 0 Å². The van der Waals surface area contributed by atoms with Crippen LogP contribution in [-0.4, -0.2) is 19.0 Å². The minimum absolute atomic E-state index is 0.0887. The van der Waals surface area contributed by atoms with Crippen molar-refractivity contribution in [1.82, 2.24) is 0 Å². The molecule has 1 unspecified atom stereocenters. The minimum Gasteiger partial charge on any atom is -0.381 e. The van der Waals surface area contributed by atoms with Crippen molar-refractivity contribution in [1.29, 1.82) is 0 Å². The molecule has 2 N–H and O–H groups in total. The van der Waals surface area contributed by atoms with E-state index in [9.17, 15) is 4.79 Å². The molecule has 0 aromatic heterocycles. The Morgan fingerprint density at radius 3 is 2.75 bits per heavy atom. The molecule has 0 spiro atoms. The second-order valence-electron chi connectivity index (χ2n) is 4.18. The third-order valence-corrected chi connectivity index (χ3v) is 3.09. The number of benzene rings is 1. The van der Waals surface area contributed by atoms with Crippen LogP contribution >= 0.6 is 0 Å². The fourth-order valence-corrected chi connectivity index (χ4v) is 2.05. The average Bonchev–Trinajstić information content (AvgIpc) is 2.83. The first-order valence-corrected chi connectivity index (χ1v) is 5.68. The van der Waals surface area contributed by atoms with Gasteiger partial charge in [-0.25, -0.2) is 0 Å². The normalized spacial score (nSPS) is 19.9. The van der Waals surface area contributed by atoms with Crippen molar-refractivity contribution < 1.29 is 9.53 Å². The molecule has 1 aromatic rings. The van der Waals surface area contributed by atoms with Crippen LogP contribution in [0.4, 0.5) is 0 Å². The molecule has 0 bridgehead atoms. The molecule has 1 saturated heterocycles. The van der Waals surface area contributed by atoms with Gasteiger partial charge in [0.2, 0.25) is 0 Å². The van der Waals surface area contributed by atoms with Crippen LogP contribution < -0.4 is 5.73 Å². The standard InChI is InChI=1S/C13H17NO2/c14-8-11-4-2-1-3-10(11)7-13(15)12-5-6-16-9-12/h1-4,12H,5-9,14H2. The first kappa shape index (κ1) is 11.3. The highest BCUT2D eigenvalue weighted by Gasteiger charge is 2.23. The zero-order chi connectivity index (χ0) is 11.4. The number of ether oxygens (including phenoxy) is 1. The van der Waals surface area contributed by atoms with E-state index in [1.165, 1.54) is 0 Å². The van der Waals surface area contributed by atoms with Crippen LogP contribution in [-0.2, 0) is 22.5 Å². The molecule has 86 valence electrons. The third kappa shape index (κ3) is 2.49. The van der Waals surface area contributed by atoms with Crippen molar-refractivity contribution >= 4 is 5.78 Å². The molecule has 1 aromatic carbocycles. The van der Waals surface area contributed by atoms with E-state index in [1.807, 2.05) is 24.3 Å². The predicted molar refractivity (Wildman–Crippen MR) is 62.0 cm³/mol. The Balaban J connectivity index is 2.05. The summed E-state index contributed by atoms with van der Waals surface area (Å²) in [6, 6.07) is 7.87. The summed E-state index contributed by atoms with van der Waals surface area (Å²) in [6.45, 7) is 1.79. The summed E-state index contributed by atoms with van der Waals surface area (Å²) in [5.41, 5.74) is 7.77. The van der Waals surface area contributed by atoms with Crippen LogP contribution in [0, 0.1) is 5.92 Å². The van der Waals surface area contributed by atoms with Crippen LogP contribution in [0.2, 0.25) is 0 Å². The van der Waals surface area contributed by atoms with Gasteiger partial charge in [0.15, 0.2) is 0 Å². The van der Waals surface area contributed by atoms with E-state index < -0.39 is 0 Å². The van der Waals surface area contributed by atoms with Crippen molar-refractivity contribution in [2.24, 2.45) is 11.7 Å². The lowest BCUT2D eigenvalue weighted by molar-refractivity contribution is -0.122. The monoisotopic (exact) mass is 219 g/mol. The molecule has 1 fully saturated rings. The molecule has 0 saturated carbocycles. The van der Waals surface area contributed by atoms with E-state index in [2.05, 4.69) is 0 Å². The molecule has 2 rings (SSSR count). The fraction of sp³-hybridized carbons (Fsp3) is 0.462. The summed E-state index contributed by atoms with van der Waals surface area (Å²) in [4.78, 5) is 12.0. The van der Waals surface area contributed by atoms with Gasteiger partial charge in [-0.2, -0.15) is 0 Å². The molecular formula is C13H17NO2. The second kappa shape index (κ2) is 5.23. The smallest absolute Gasteiger partial charge is 0.142 e. The van der Waals surface area contributed by atoms with Gasteiger partial charge in [0.25, 0.3) is 0 Å². The highest BCUT2D eigenvalue weighted by atomic mass is 16.5. The lowest BCUT2D eigenvalue weighted by Crippen LogP contribution is -2.18. The number of carbonyl (C=O) groups excluding carboxylic acids is 1. The van der Waals surface area contributed by atoms with Crippen molar-refractivity contribution in [3.63, 3.8) is 0 Å². The maximum atomic E-state index is 12.0. The molecule has 1 heterocycles. The van der Waals surface area contributed by atoms with E-state index in [4.69, 9.17) is 10.5 Å². The molecule has 0 radical (unpaired) electrons. The van der Waals surface area contributed by atoms with Crippen molar-refractivity contribution in [2.75, 3.05) is 13.2 Å². The fourth-order valence-electron chi connectivity index (χ4n) is 2.05. The molecule has 1 atom stereocenters. The number of hydrogen-bond donors (Lipinski definition) is 1. The Bertz CT molecular complexity index is 370. The van der Waals surface area contributed by atoms with Crippen molar-refractivity contribution in [3.8, 4) is 0 Å². The maximum Gasteiger partial charge on any atom is 0.142 e. The highest BCUT2D eigenvalue weighted by molar-refractivity contribution is 5.83. The second-order valence-corrected chi connectivity index (χ2v) is 4.18. The first-order valence-electron chi connectivity index (χ1n) is 5.68. The Morgan fingerprint density at radius 1 is 1.38 bits per heavy atom. The van der Waals surface area contributed by atoms with E-state index in [0.717, 1.165) is 24.2 Å². The Kier molecular flexibility index (Phi) is 3.70. The van der Waals surface area contributed by atoms with Crippen LogP contribution in [0.3, 0.4) is 0 Å². The highest BCUT2D eigenvalue weighted by Crippen LogP contribution is 2.17. The van der Waals surface area contributed by atoms with Gasteiger partial charge >= 0.3 is 0 Å². The quantitative estimate of drug-likeness (QED) is 0.830. The SMILES string of the molecule is NCc1ccccc1CC(=O)C1CCOC1. The third-order valence-electron chi connectivity index (χ3n) is 3.09. The molecule has 3 nitrogen and oxygen atoms in total. The maximum absolute atomic E-state index is 12.0. The number of hydrogen-bond acceptors (Lipinski definition) is 3. The zero-order valence-electron chi connectivity index (χ0n) is 9.32. The summed E-state index contributed by atoms with van der Waals surface area (Å²) in [7, 11) is 0. The summed E-state index contributed by atoms with van der Waals surface area (Å²) >= 11 is 0. The number of rotatable bonds is 4. The van der Waals surface area contributed by atoms with Crippen molar-refractivity contribution in [2.45, 2.75) is 19.4 Å². The molecule has 3 heteroatoms. The topological polar surface area (TPSA) is 52.3 Å². The summed E-state index contributed by atoms with van der Waals surface area (Å²) in [5.74, 6) is 0.365. The summed E-state index contributed by atoms with van der Waals surface area (Å²) in [6.07, 6.45) is 1.35. The van der Waals surface area contributed by atoms with E-state index in [1.54, 1.807) is 0 Å². The van der Waals surface area contributed by atoms with E-state index in [-0.39, 0.29) is 11.7 Å². The minimum atomic E-state index is 0.0887. The summed E-state index contributed by atoms with van der Waals surface area (Å²) < 4.78 is 5.23. The molecule has 16 heavy (non-hydrogen) atoms. The lowest BCUT2D eigenvalue weighted by Gasteiger charge is -2.09. The van der Waals surface area contributed by atoms with Crippen LogP contribution in [0.15, 0.2) is 24.3 Å². The van der Waals surface area contributed by atoms with Crippen LogP contribution in [0.5, 0.6) is 0 Å². The number of ketones is 1. The van der Waals surface area contributed by atoms with Gasteiger partial charge in [-0.3, -0.25) is 4.79 Å². The molecular weight excluding hydrogens is 202 g/mol. The number of carbonyl (C=O) groups is 1. The van der Waals surface area contributed by atoms with E-state index in [0.29, 0.717) is 19.6 Å². The van der Waals surface area contributed by atoms with Gasteiger partial charge in [-0.05, 0) is 17.5 Å². The van der Waals surface area contributed by atoms with Gasteiger partial charge in [0.1, 0.15) is 5.78 Å². The van der Waals surface area contributed by atoms with Crippen LogP contribution in [0.25, 0.3) is 0 Å². The lowest BCUT2D eigenvalue weighted by atomic mass is 9.95. The molecule has 1 aliphatic rings. The Hall–Kier alpha value is -1.19. The molecule has 0 aliphatic carbocycles. The largest absolute Gasteiger partial charge is 0.381 e. The predicted octanol–water partition coefficient (Wildman–Crippen LogP) is 1.29. The molecule has 1 aliphatic heterocycles. The average molecular weight is 219 g/mol. The Morgan fingerprint density at radius 2 is 2.12 bits per heavy atom.